The topological polar surface area (TPSA) is 93.4 Å². The Morgan fingerprint density at radius 2 is 1.67 bits per heavy atom. The van der Waals surface area contributed by atoms with Crippen molar-refractivity contribution >= 4 is 50.0 Å². The molecule has 39 heavy (non-hydrogen) atoms. The summed E-state index contributed by atoms with van der Waals surface area (Å²) in [5, 5.41) is 15.8. The molecule has 0 bridgehead atoms. The predicted molar refractivity (Wildman–Crippen MR) is 132 cm³/mol. The normalized spacial score (nSPS) is 14.5. The Labute approximate surface area is 224 Å². The minimum absolute atomic E-state index is 0.0647. The number of aryl methyl sites for hydroxylation is 1. The van der Waals surface area contributed by atoms with Crippen LogP contribution in [0.5, 0.6) is 0 Å². The second kappa shape index (κ2) is 9.65. The number of thiophene rings is 2. The van der Waals surface area contributed by atoms with E-state index in [0.717, 1.165) is 21.2 Å². The molecule has 3 heterocycles. The van der Waals surface area contributed by atoms with E-state index in [0.29, 0.717) is 17.7 Å². The van der Waals surface area contributed by atoms with E-state index in [4.69, 9.17) is 4.74 Å². The van der Waals surface area contributed by atoms with Crippen LogP contribution in [0.25, 0.3) is 9.40 Å². The average molecular weight is 582 g/mol. The number of hydrogen-bond acceptors (Lipinski definition) is 6. The van der Waals surface area contributed by atoms with Gasteiger partial charge in [-0.15, -0.1) is 22.7 Å². The van der Waals surface area contributed by atoms with Gasteiger partial charge in [0.2, 0.25) is 5.82 Å². The van der Waals surface area contributed by atoms with Crippen LogP contribution in [0.2, 0.25) is 0 Å². The second-order valence-corrected chi connectivity index (χ2v) is 10.9. The number of carboxylic acids is 1. The maximum absolute atomic E-state index is 14.1. The molecule has 1 saturated carbocycles. The lowest BCUT2D eigenvalue weighted by atomic mass is 10.1. The molecule has 2 N–H and O–H groups in total. The molecule has 1 aliphatic rings. The van der Waals surface area contributed by atoms with Gasteiger partial charge in [-0.05, 0) is 31.9 Å². The van der Waals surface area contributed by atoms with Gasteiger partial charge < -0.3 is 9.84 Å². The molecule has 0 unspecified atom stereocenters. The number of amides is 1. The molecule has 0 radical (unpaired) electrons. The molecule has 1 atom stereocenters. The molecule has 1 aliphatic carbocycles. The van der Waals surface area contributed by atoms with Crippen molar-refractivity contribution in [3.05, 3.63) is 68.3 Å². The van der Waals surface area contributed by atoms with E-state index in [-0.39, 0.29) is 11.4 Å². The smallest absolute Gasteiger partial charge is 0.413 e. The van der Waals surface area contributed by atoms with Crippen LogP contribution in [0.15, 0.2) is 18.3 Å². The van der Waals surface area contributed by atoms with Crippen LogP contribution >= 0.6 is 22.7 Å². The maximum Gasteiger partial charge on any atom is 0.413 e. The highest BCUT2D eigenvalue weighted by Crippen LogP contribution is 2.52. The fourth-order valence-corrected chi connectivity index (χ4v) is 6.44. The van der Waals surface area contributed by atoms with E-state index < -0.39 is 58.2 Å². The number of anilines is 1. The van der Waals surface area contributed by atoms with E-state index in [2.05, 4.69) is 22.3 Å². The molecule has 5 rings (SSSR count). The van der Waals surface area contributed by atoms with Crippen molar-refractivity contribution in [3.63, 3.8) is 0 Å². The van der Waals surface area contributed by atoms with Gasteiger partial charge in [-0.3, -0.25) is 14.8 Å². The van der Waals surface area contributed by atoms with E-state index in [1.54, 1.807) is 0 Å². The number of fused-ring (bicyclic) bond motifs is 1. The van der Waals surface area contributed by atoms with Gasteiger partial charge in [0.1, 0.15) is 17.3 Å². The quantitative estimate of drug-likeness (QED) is 0.126. The van der Waals surface area contributed by atoms with Gasteiger partial charge in [0.05, 0.1) is 22.2 Å². The summed E-state index contributed by atoms with van der Waals surface area (Å²) in [6.07, 6.45) is -0.481. The second-order valence-electron chi connectivity index (χ2n) is 8.77. The Hall–Kier alpha value is -3.96. The zero-order valence-electron chi connectivity index (χ0n) is 20.0. The Kier molecular flexibility index (Phi) is 6.59. The summed E-state index contributed by atoms with van der Waals surface area (Å²) in [5.41, 5.74) is -1.81. The molecule has 1 aromatic carbocycles. The number of carbonyl (C=O) groups excluding carboxylic acids is 1. The fourth-order valence-electron chi connectivity index (χ4n) is 3.95. The van der Waals surface area contributed by atoms with Crippen LogP contribution in [0.1, 0.15) is 46.8 Å². The van der Waals surface area contributed by atoms with Crippen molar-refractivity contribution in [2.24, 2.45) is 7.05 Å². The van der Waals surface area contributed by atoms with Crippen LogP contribution in [0, 0.1) is 40.9 Å². The molecule has 0 aliphatic heterocycles. The number of ether oxygens (including phenoxy) is 1. The number of nitrogens with one attached hydrogen (secondary N) is 1. The largest absolute Gasteiger partial charge is 0.481 e. The lowest BCUT2D eigenvalue weighted by Crippen LogP contribution is -2.20. The molecular weight excluding hydrogens is 565 g/mol. The lowest BCUT2D eigenvalue weighted by molar-refractivity contribution is -0.139. The minimum atomic E-state index is -2.32. The zero-order valence-corrected chi connectivity index (χ0v) is 21.6. The first-order valence-electron chi connectivity index (χ1n) is 11.2. The number of benzene rings is 1. The Morgan fingerprint density at radius 1 is 1.05 bits per heavy atom. The first-order chi connectivity index (χ1) is 18.4. The van der Waals surface area contributed by atoms with Crippen molar-refractivity contribution in [2.45, 2.75) is 31.3 Å². The monoisotopic (exact) mass is 581 g/mol. The van der Waals surface area contributed by atoms with Gasteiger partial charge in [-0.25, -0.2) is 26.7 Å². The molecule has 1 amide bonds. The fraction of sp³-hybridized carbons (Fsp3) is 0.240. The number of hydrogen-bond donors (Lipinski definition) is 2. The van der Waals surface area contributed by atoms with E-state index in [1.165, 1.54) is 40.6 Å². The molecule has 4 aromatic rings. The minimum Gasteiger partial charge on any atom is -0.481 e. The number of aliphatic carboxylic acids is 1. The highest BCUT2D eigenvalue weighted by Gasteiger charge is 2.53. The van der Waals surface area contributed by atoms with Gasteiger partial charge in [0, 0.05) is 21.3 Å². The third-order valence-electron chi connectivity index (χ3n) is 6.25. The summed E-state index contributed by atoms with van der Waals surface area (Å²) in [5.74, 6) is -5.76. The standard InChI is InChI=1S/C25H16F5N3O4S2/c1-10(16-17(26)19(28)21(30)20(29)18(16)27)37-24(36)32-22-11(9-31-33(22)2)3-4-12-7-13-14(38-12)8-15(39-13)25(5-6-25)23(34)35/h7-10H,5-6H2,1-2H3,(H,32,36)(H,34,35)/t10-/m1/s1. The highest BCUT2D eigenvalue weighted by molar-refractivity contribution is 7.28. The first-order valence-corrected chi connectivity index (χ1v) is 12.9. The van der Waals surface area contributed by atoms with Crippen LogP contribution in [0.4, 0.5) is 32.6 Å². The highest BCUT2D eigenvalue weighted by atomic mass is 32.1. The number of halogens is 5. The van der Waals surface area contributed by atoms with Crippen molar-refractivity contribution in [1.29, 1.82) is 0 Å². The molecular formula is C25H16F5N3O4S2. The third kappa shape index (κ3) is 4.61. The van der Waals surface area contributed by atoms with Crippen LogP contribution in [-0.2, 0) is 22.0 Å². The number of carboxylic acid groups (broad SMARTS) is 1. The molecule has 14 heteroatoms. The lowest BCUT2D eigenvalue weighted by Gasteiger charge is -2.16. The van der Waals surface area contributed by atoms with Crippen LogP contribution in [0.3, 0.4) is 0 Å². The Morgan fingerprint density at radius 3 is 2.26 bits per heavy atom. The van der Waals surface area contributed by atoms with Gasteiger partial charge in [-0.2, -0.15) is 5.10 Å². The van der Waals surface area contributed by atoms with Crippen molar-refractivity contribution in [3.8, 4) is 11.8 Å². The van der Waals surface area contributed by atoms with Crippen molar-refractivity contribution in [2.75, 3.05) is 5.32 Å². The van der Waals surface area contributed by atoms with Gasteiger partial charge >= 0.3 is 12.1 Å². The van der Waals surface area contributed by atoms with Gasteiger partial charge in [0.25, 0.3) is 0 Å². The summed E-state index contributed by atoms with van der Waals surface area (Å²) < 4.78 is 76.4. The molecule has 202 valence electrons. The first kappa shape index (κ1) is 26.6. The van der Waals surface area contributed by atoms with Crippen molar-refractivity contribution < 1.29 is 41.4 Å². The van der Waals surface area contributed by atoms with E-state index in [1.807, 2.05) is 12.1 Å². The van der Waals surface area contributed by atoms with Gasteiger partial charge in [0.15, 0.2) is 23.3 Å². The number of carbonyl (C=O) groups is 2. The Bertz CT molecular complexity index is 1670. The molecule has 3 aromatic heterocycles. The molecule has 0 saturated heterocycles. The maximum atomic E-state index is 14.1. The third-order valence-corrected chi connectivity index (χ3v) is 8.66. The summed E-state index contributed by atoms with van der Waals surface area (Å²) in [6.45, 7) is 0.956. The van der Waals surface area contributed by atoms with E-state index in [9.17, 15) is 36.6 Å². The predicted octanol–water partition coefficient (Wildman–Crippen LogP) is 6.22. The number of aromatic nitrogens is 2. The van der Waals surface area contributed by atoms with Gasteiger partial charge in [-0.1, -0.05) is 11.8 Å². The number of rotatable bonds is 5. The SMILES string of the molecule is C[C@@H](OC(=O)Nc1c(C#Cc2cc3sc(C4(C(=O)O)CC4)cc3s2)cnn1C)c1c(F)c(F)c(F)c(F)c1F. The van der Waals surface area contributed by atoms with Crippen LogP contribution < -0.4 is 5.32 Å². The molecule has 1 fully saturated rings. The average Bonchev–Trinajstić information content (AvgIpc) is 3.32. The van der Waals surface area contributed by atoms with Crippen molar-refractivity contribution in [1.82, 2.24) is 9.78 Å². The summed E-state index contributed by atoms with van der Waals surface area (Å²) in [6, 6.07) is 3.71. The Balaban J connectivity index is 1.32. The summed E-state index contributed by atoms with van der Waals surface area (Å²) >= 11 is 2.79. The zero-order chi connectivity index (χ0) is 28.2. The molecule has 7 nitrogen and oxygen atoms in total. The number of nitrogens with zero attached hydrogens (tertiary/aromatic N) is 2. The van der Waals surface area contributed by atoms with E-state index >= 15 is 0 Å². The summed E-state index contributed by atoms with van der Waals surface area (Å²) in [4.78, 5) is 25.5. The summed E-state index contributed by atoms with van der Waals surface area (Å²) in [7, 11) is 1.48. The van der Waals surface area contributed by atoms with Crippen LogP contribution in [-0.4, -0.2) is 26.9 Å². The molecule has 0 spiro atoms.